The Kier molecular flexibility index (Phi) is 5.93. The summed E-state index contributed by atoms with van der Waals surface area (Å²) in [7, 11) is 0. The van der Waals surface area contributed by atoms with Gasteiger partial charge in [0.2, 0.25) is 0 Å². The van der Waals surface area contributed by atoms with Gasteiger partial charge in [-0.3, -0.25) is 10.1 Å². The van der Waals surface area contributed by atoms with E-state index < -0.39 is 10.9 Å². The minimum atomic E-state index is -0.517. The summed E-state index contributed by atoms with van der Waals surface area (Å²) in [6.07, 6.45) is 1.52. The molecule has 3 aromatic rings. The van der Waals surface area contributed by atoms with E-state index in [-0.39, 0.29) is 11.4 Å². The molecule has 6 nitrogen and oxygen atoms in total. The van der Waals surface area contributed by atoms with Gasteiger partial charge in [0.05, 0.1) is 10.5 Å². The van der Waals surface area contributed by atoms with Crippen LogP contribution in [0.25, 0.3) is 0 Å². The first-order valence-electron chi connectivity index (χ1n) is 9.18. The van der Waals surface area contributed by atoms with E-state index in [0.717, 1.165) is 35.1 Å². The number of non-ortho nitro benzene ring substituents is 1. The molecule has 1 N–H and O–H groups in total. The first-order valence-corrected chi connectivity index (χ1v) is 9.18. The van der Waals surface area contributed by atoms with Gasteiger partial charge in [0.15, 0.2) is 0 Å². The van der Waals surface area contributed by atoms with E-state index in [4.69, 9.17) is 4.74 Å². The van der Waals surface area contributed by atoms with Crippen LogP contribution < -0.4 is 4.74 Å². The number of aryl methyl sites for hydroxylation is 4. The lowest BCUT2D eigenvalue weighted by Gasteiger charge is -2.09. The van der Waals surface area contributed by atoms with Crippen molar-refractivity contribution < 1.29 is 19.6 Å². The topological polar surface area (TPSA) is 89.7 Å². The lowest BCUT2D eigenvalue weighted by Crippen LogP contribution is -2.09. The summed E-state index contributed by atoms with van der Waals surface area (Å²) >= 11 is 0. The molecular formula is C23H21NO5. The molecule has 0 atom stereocenters. The van der Waals surface area contributed by atoms with Crippen molar-refractivity contribution in [3.05, 3.63) is 98.6 Å². The molecule has 0 saturated carbocycles. The van der Waals surface area contributed by atoms with E-state index in [1.165, 1.54) is 24.3 Å². The molecule has 0 unspecified atom stereocenters. The van der Waals surface area contributed by atoms with Crippen LogP contribution >= 0.6 is 0 Å². The van der Waals surface area contributed by atoms with Crippen LogP contribution in [0.3, 0.4) is 0 Å². The van der Waals surface area contributed by atoms with Crippen LogP contribution in [-0.2, 0) is 12.8 Å². The second-order valence-electron chi connectivity index (χ2n) is 6.92. The van der Waals surface area contributed by atoms with Crippen LogP contribution in [0.15, 0.2) is 60.7 Å². The SMILES string of the molecule is Cc1cc(CCc2cccc(C(=O)Oc3ccc([N+](=O)[O-])cc3)c2)cc(C)c1O. The summed E-state index contributed by atoms with van der Waals surface area (Å²) in [5.41, 5.74) is 4.16. The number of aromatic hydroxyl groups is 1. The van der Waals surface area contributed by atoms with Crippen LogP contribution in [0.2, 0.25) is 0 Å². The molecule has 0 bridgehead atoms. The number of hydrogen-bond acceptors (Lipinski definition) is 5. The Bertz CT molecular complexity index is 1030. The number of benzene rings is 3. The van der Waals surface area contributed by atoms with Gasteiger partial charge >= 0.3 is 5.97 Å². The van der Waals surface area contributed by atoms with Crippen molar-refractivity contribution in [2.75, 3.05) is 0 Å². The third kappa shape index (κ3) is 4.99. The number of rotatable bonds is 6. The second kappa shape index (κ2) is 8.56. The first kappa shape index (κ1) is 20.1. The van der Waals surface area contributed by atoms with E-state index in [2.05, 4.69) is 0 Å². The summed E-state index contributed by atoms with van der Waals surface area (Å²) in [5, 5.41) is 20.6. The number of esters is 1. The van der Waals surface area contributed by atoms with Crippen molar-refractivity contribution in [2.45, 2.75) is 26.7 Å². The molecule has 6 heteroatoms. The number of carbonyl (C=O) groups is 1. The smallest absolute Gasteiger partial charge is 0.343 e. The molecule has 0 aliphatic carbocycles. The molecular weight excluding hydrogens is 370 g/mol. The second-order valence-corrected chi connectivity index (χ2v) is 6.92. The number of phenolic OH excluding ortho intramolecular Hbond substituents is 1. The summed E-state index contributed by atoms with van der Waals surface area (Å²) < 4.78 is 5.31. The first-order chi connectivity index (χ1) is 13.8. The largest absolute Gasteiger partial charge is 0.507 e. The zero-order valence-corrected chi connectivity index (χ0v) is 16.2. The Labute approximate surface area is 168 Å². The standard InChI is InChI=1S/C23H21NO5/c1-15-12-18(13-16(2)22(15)25)7-6-17-4-3-5-19(14-17)23(26)29-21-10-8-20(9-11-21)24(27)28/h3-5,8-14,25H,6-7H2,1-2H3. The Morgan fingerprint density at radius 1 is 0.966 bits per heavy atom. The maximum atomic E-state index is 12.4. The lowest BCUT2D eigenvalue weighted by molar-refractivity contribution is -0.384. The van der Waals surface area contributed by atoms with Crippen molar-refractivity contribution in [2.24, 2.45) is 0 Å². The van der Waals surface area contributed by atoms with E-state index >= 15 is 0 Å². The highest BCUT2D eigenvalue weighted by Crippen LogP contribution is 2.24. The maximum absolute atomic E-state index is 12.4. The van der Waals surface area contributed by atoms with Crippen LogP contribution in [0.1, 0.15) is 32.6 Å². The quantitative estimate of drug-likeness (QED) is 0.279. The molecule has 0 aliphatic heterocycles. The van der Waals surface area contributed by atoms with Gasteiger partial charge in [-0.25, -0.2) is 4.79 Å². The van der Waals surface area contributed by atoms with Crippen molar-refractivity contribution in [3.63, 3.8) is 0 Å². The molecule has 148 valence electrons. The molecule has 3 rings (SSSR count). The highest BCUT2D eigenvalue weighted by Gasteiger charge is 2.11. The molecule has 0 aromatic heterocycles. The van der Waals surface area contributed by atoms with Gasteiger partial charge in [-0.15, -0.1) is 0 Å². The maximum Gasteiger partial charge on any atom is 0.343 e. The zero-order chi connectivity index (χ0) is 21.0. The average Bonchev–Trinajstić information content (AvgIpc) is 2.71. The van der Waals surface area contributed by atoms with E-state index in [0.29, 0.717) is 11.3 Å². The number of ether oxygens (including phenoxy) is 1. The van der Waals surface area contributed by atoms with Crippen LogP contribution in [0, 0.1) is 24.0 Å². The molecule has 3 aromatic carbocycles. The van der Waals surface area contributed by atoms with Crippen LogP contribution in [0.5, 0.6) is 11.5 Å². The minimum Gasteiger partial charge on any atom is -0.507 e. The molecule has 0 heterocycles. The van der Waals surface area contributed by atoms with Gasteiger partial charge in [0, 0.05) is 12.1 Å². The third-order valence-corrected chi connectivity index (χ3v) is 4.67. The van der Waals surface area contributed by atoms with Gasteiger partial charge in [-0.1, -0.05) is 24.3 Å². The highest BCUT2D eigenvalue weighted by atomic mass is 16.6. The molecule has 0 amide bonds. The number of nitro benzene ring substituents is 1. The van der Waals surface area contributed by atoms with E-state index in [1.807, 2.05) is 32.0 Å². The summed E-state index contributed by atoms with van der Waals surface area (Å²) in [4.78, 5) is 22.6. The van der Waals surface area contributed by atoms with Crippen LogP contribution in [0.4, 0.5) is 5.69 Å². The summed E-state index contributed by atoms with van der Waals surface area (Å²) in [5.74, 6) is 0.0582. The predicted octanol–water partition coefficient (Wildman–Crippen LogP) is 4.92. The predicted molar refractivity (Wildman–Crippen MR) is 109 cm³/mol. The fourth-order valence-electron chi connectivity index (χ4n) is 3.13. The fourth-order valence-corrected chi connectivity index (χ4v) is 3.13. The molecule has 0 spiro atoms. The summed E-state index contributed by atoms with van der Waals surface area (Å²) in [6.45, 7) is 3.75. The molecule has 0 saturated heterocycles. The average molecular weight is 391 g/mol. The third-order valence-electron chi connectivity index (χ3n) is 4.67. The Morgan fingerprint density at radius 2 is 1.59 bits per heavy atom. The molecule has 0 fully saturated rings. The van der Waals surface area contributed by atoms with Gasteiger partial charge in [0.25, 0.3) is 5.69 Å². The summed E-state index contributed by atoms with van der Waals surface area (Å²) in [6, 6.07) is 16.5. The van der Waals surface area contributed by atoms with Crippen molar-refractivity contribution in [3.8, 4) is 11.5 Å². The van der Waals surface area contributed by atoms with E-state index in [1.54, 1.807) is 18.2 Å². The number of nitro groups is 1. The highest BCUT2D eigenvalue weighted by molar-refractivity contribution is 5.91. The monoisotopic (exact) mass is 391 g/mol. The molecule has 0 aliphatic rings. The van der Waals surface area contributed by atoms with Crippen molar-refractivity contribution in [1.29, 1.82) is 0 Å². The van der Waals surface area contributed by atoms with Gasteiger partial charge < -0.3 is 9.84 Å². The number of hydrogen-bond donors (Lipinski definition) is 1. The normalized spacial score (nSPS) is 10.6. The van der Waals surface area contributed by atoms with Gasteiger partial charge in [0.1, 0.15) is 11.5 Å². The Morgan fingerprint density at radius 3 is 2.21 bits per heavy atom. The lowest BCUT2D eigenvalue weighted by atomic mass is 9.99. The Hall–Kier alpha value is -3.67. The fraction of sp³-hybridized carbons (Fsp3) is 0.174. The Balaban J connectivity index is 1.67. The van der Waals surface area contributed by atoms with Crippen molar-refractivity contribution in [1.82, 2.24) is 0 Å². The van der Waals surface area contributed by atoms with E-state index in [9.17, 15) is 20.0 Å². The number of phenols is 1. The number of carbonyl (C=O) groups excluding carboxylic acids is 1. The van der Waals surface area contributed by atoms with Gasteiger partial charge in [-0.05, 0) is 73.2 Å². The molecule has 0 radical (unpaired) electrons. The van der Waals surface area contributed by atoms with Crippen LogP contribution in [-0.4, -0.2) is 16.0 Å². The molecule has 29 heavy (non-hydrogen) atoms. The van der Waals surface area contributed by atoms with Crippen molar-refractivity contribution >= 4 is 11.7 Å². The van der Waals surface area contributed by atoms with Gasteiger partial charge in [-0.2, -0.15) is 0 Å². The zero-order valence-electron chi connectivity index (χ0n) is 16.2. The number of nitrogens with zero attached hydrogens (tertiary/aromatic N) is 1. The minimum absolute atomic E-state index is 0.0634.